The van der Waals surface area contributed by atoms with E-state index >= 15 is 0 Å². The van der Waals surface area contributed by atoms with Crippen LogP contribution in [0.25, 0.3) is 11.0 Å². The molecule has 2 rings (SSSR count). The van der Waals surface area contributed by atoms with Crippen molar-refractivity contribution in [1.29, 1.82) is 0 Å². The van der Waals surface area contributed by atoms with Crippen LogP contribution in [0.15, 0.2) is 22.6 Å². The maximum atomic E-state index is 11.5. The molecular weight excluding hydrogens is 220 g/mol. The monoisotopic (exact) mass is 234 g/mol. The Morgan fingerprint density at radius 2 is 2.12 bits per heavy atom. The molecular formula is C13H14O4. The largest absolute Gasteiger partial charge is 0.493 e. The third-order valence-electron chi connectivity index (χ3n) is 2.44. The molecule has 0 spiro atoms. The quantitative estimate of drug-likeness (QED) is 0.766. The van der Waals surface area contributed by atoms with Crippen LogP contribution in [-0.4, -0.2) is 19.7 Å². The zero-order valence-corrected chi connectivity index (χ0v) is 10.1. The summed E-state index contributed by atoms with van der Waals surface area (Å²) in [7, 11) is 1.35. The average Bonchev–Trinajstić information content (AvgIpc) is 2.69. The SMILES string of the molecule is CCOc1cc(C(=O)OC)cc2oc(C)cc12. The molecule has 90 valence electrons. The topological polar surface area (TPSA) is 48.7 Å². The van der Waals surface area contributed by atoms with Crippen molar-refractivity contribution in [2.75, 3.05) is 13.7 Å². The van der Waals surface area contributed by atoms with Gasteiger partial charge in [0.25, 0.3) is 0 Å². The fourth-order valence-corrected chi connectivity index (χ4v) is 1.74. The minimum atomic E-state index is -0.401. The highest BCUT2D eigenvalue weighted by atomic mass is 16.5. The predicted molar refractivity (Wildman–Crippen MR) is 63.5 cm³/mol. The van der Waals surface area contributed by atoms with Gasteiger partial charge in [0, 0.05) is 0 Å². The Kier molecular flexibility index (Phi) is 3.04. The molecule has 0 radical (unpaired) electrons. The van der Waals surface area contributed by atoms with Gasteiger partial charge in [-0.2, -0.15) is 0 Å². The van der Waals surface area contributed by atoms with Crippen molar-refractivity contribution in [2.24, 2.45) is 0 Å². The summed E-state index contributed by atoms with van der Waals surface area (Å²) in [6, 6.07) is 5.23. The number of ether oxygens (including phenoxy) is 2. The molecule has 17 heavy (non-hydrogen) atoms. The third-order valence-corrected chi connectivity index (χ3v) is 2.44. The lowest BCUT2D eigenvalue weighted by atomic mass is 10.1. The lowest BCUT2D eigenvalue weighted by Crippen LogP contribution is -2.02. The fourth-order valence-electron chi connectivity index (χ4n) is 1.74. The molecule has 0 aliphatic rings. The normalized spacial score (nSPS) is 10.5. The van der Waals surface area contributed by atoms with E-state index in [-0.39, 0.29) is 0 Å². The molecule has 4 nitrogen and oxygen atoms in total. The Morgan fingerprint density at radius 3 is 2.76 bits per heavy atom. The Balaban J connectivity index is 2.61. The van der Waals surface area contributed by atoms with Gasteiger partial charge in [0.1, 0.15) is 17.1 Å². The smallest absolute Gasteiger partial charge is 0.338 e. The van der Waals surface area contributed by atoms with Crippen LogP contribution >= 0.6 is 0 Å². The van der Waals surface area contributed by atoms with E-state index in [1.165, 1.54) is 7.11 Å². The molecule has 0 aliphatic heterocycles. The zero-order valence-electron chi connectivity index (χ0n) is 10.1. The summed E-state index contributed by atoms with van der Waals surface area (Å²) in [5.74, 6) is 1.02. The summed E-state index contributed by atoms with van der Waals surface area (Å²) in [6.07, 6.45) is 0. The number of rotatable bonds is 3. The second-order valence-electron chi connectivity index (χ2n) is 3.67. The van der Waals surface area contributed by atoms with E-state index in [9.17, 15) is 4.79 Å². The molecule has 0 saturated carbocycles. The number of aryl methyl sites for hydroxylation is 1. The number of esters is 1. The maximum absolute atomic E-state index is 11.5. The van der Waals surface area contributed by atoms with Gasteiger partial charge in [0.05, 0.1) is 24.7 Å². The zero-order chi connectivity index (χ0) is 12.4. The lowest BCUT2D eigenvalue weighted by Gasteiger charge is -2.06. The average molecular weight is 234 g/mol. The van der Waals surface area contributed by atoms with Crippen LogP contribution in [0.2, 0.25) is 0 Å². The van der Waals surface area contributed by atoms with Crippen molar-refractivity contribution in [3.63, 3.8) is 0 Å². The van der Waals surface area contributed by atoms with Crippen LogP contribution in [0, 0.1) is 6.92 Å². The van der Waals surface area contributed by atoms with Crippen molar-refractivity contribution >= 4 is 16.9 Å². The van der Waals surface area contributed by atoms with Gasteiger partial charge in [-0.1, -0.05) is 0 Å². The van der Waals surface area contributed by atoms with E-state index in [4.69, 9.17) is 9.15 Å². The summed E-state index contributed by atoms with van der Waals surface area (Å²) < 4.78 is 15.7. The van der Waals surface area contributed by atoms with Crippen LogP contribution in [0.4, 0.5) is 0 Å². The first-order chi connectivity index (χ1) is 8.15. The van der Waals surface area contributed by atoms with E-state index < -0.39 is 5.97 Å². The molecule has 0 N–H and O–H groups in total. The minimum absolute atomic E-state index is 0.401. The fraction of sp³-hybridized carbons (Fsp3) is 0.308. The van der Waals surface area contributed by atoms with Gasteiger partial charge in [-0.05, 0) is 32.0 Å². The summed E-state index contributed by atoms with van der Waals surface area (Å²) in [6.45, 7) is 4.28. The van der Waals surface area contributed by atoms with E-state index in [1.807, 2.05) is 19.9 Å². The van der Waals surface area contributed by atoms with Gasteiger partial charge < -0.3 is 13.9 Å². The van der Waals surface area contributed by atoms with Crippen molar-refractivity contribution in [2.45, 2.75) is 13.8 Å². The van der Waals surface area contributed by atoms with Crippen molar-refractivity contribution in [3.8, 4) is 5.75 Å². The van der Waals surface area contributed by atoms with Gasteiger partial charge >= 0.3 is 5.97 Å². The second kappa shape index (κ2) is 4.49. The highest BCUT2D eigenvalue weighted by Crippen LogP contribution is 2.30. The first-order valence-corrected chi connectivity index (χ1v) is 5.41. The number of hydrogen-bond acceptors (Lipinski definition) is 4. The van der Waals surface area contributed by atoms with Gasteiger partial charge in [0.15, 0.2) is 0 Å². The van der Waals surface area contributed by atoms with E-state index in [0.29, 0.717) is 23.5 Å². The van der Waals surface area contributed by atoms with Crippen molar-refractivity contribution in [1.82, 2.24) is 0 Å². The van der Waals surface area contributed by atoms with Gasteiger partial charge in [-0.15, -0.1) is 0 Å². The molecule has 0 bridgehead atoms. The van der Waals surface area contributed by atoms with Crippen molar-refractivity contribution in [3.05, 3.63) is 29.5 Å². The standard InChI is InChI=1S/C13H14O4/c1-4-16-11-6-9(13(14)15-3)7-12-10(11)5-8(2)17-12/h5-7H,4H2,1-3H3. The summed E-state index contributed by atoms with van der Waals surface area (Å²) >= 11 is 0. The Labute approximate surface area is 99.1 Å². The number of benzene rings is 1. The Bertz CT molecular complexity index is 554. The molecule has 0 unspecified atom stereocenters. The number of fused-ring (bicyclic) bond motifs is 1. The summed E-state index contributed by atoms with van der Waals surface area (Å²) in [5, 5.41) is 0.872. The number of hydrogen-bond donors (Lipinski definition) is 0. The molecule has 2 aromatic rings. The van der Waals surface area contributed by atoms with Crippen LogP contribution < -0.4 is 4.74 Å². The van der Waals surface area contributed by atoms with Gasteiger partial charge in [0.2, 0.25) is 0 Å². The van der Waals surface area contributed by atoms with Crippen LogP contribution in [-0.2, 0) is 4.74 Å². The Hall–Kier alpha value is -1.97. The molecule has 4 heteroatoms. The highest BCUT2D eigenvalue weighted by Gasteiger charge is 2.14. The van der Waals surface area contributed by atoms with Crippen LogP contribution in [0.1, 0.15) is 23.0 Å². The van der Waals surface area contributed by atoms with Gasteiger partial charge in [-0.3, -0.25) is 0 Å². The number of furan rings is 1. The number of carbonyl (C=O) groups is 1. The molecule has 0 amide bonds. The molecule has 1 heterocycles. The molecule has 1 aromatic heterocycles. The number of carbonyl (C=O) groups excluding carboxylic acids is 1. The van der Waals surface area contributed by atoms with Crippen molar-refractivity contribution < 1.29 is 18.7 Å². The molecule has 0 saturated heterocycles. The van der Waals surface area contributed by atoms with Crippen LogP contribution in [0.5, 0.6) is 5.75 Å². The molecule has 0 aliphatic carbocycles. The van der Waals surface area contributed by atoms with E-state index in [1.54, 1.807) is 12.1 Å². The Morgan fingerprint density at radius 1 is 1.35 bits per heavy atom. The van der Waals surface area contributed by atoms with Crippen LogP contribution in [0.3, 0.4) is 0 Å². The third kappa shape index (κ3) is 2.11. The first-order valence-electron chi connectivity index (χ1n) is 5.41. The van der Waals surface area contributed by atoms with Gasteiger partial charge in [-0.25, -0.2) is 4.79 Å². The first kappa shape index (κ1) is 11.5. The number of methoxy groups -OCH3 is 1. The van der Waals surface area contributed by atoms with E-state index in [2.05, 4.69) is 4.74 Å². The highest BCUT2D eigenvalue weighted by molar-refractivity contribution is 5.96. The lowest BCUT2D eigenvalue weighted by molar-refractivity contribution is 0.0600. The summed E-state index contributed by atoms with van der Waals surface area (Å²) in [5.41, 5.74) is 1.06. The summed E-state index contributed by atoms with van der Waals surface area (Å²) in [4.78, 5) is 11.5. The minimum Gasteiger partial charge on any atom is -0.493 e. The molecule has 0 atom stereocenters. The second-order valence-corrected chi connectivity index (χ2v) is 3.67. The maximum Gasteiger partial charge on any atom is 0.338 e. The molecule has 0 fully saturated rings. The molecule has 1 aromatic carbocycles. The predicted octanol–water partition coefficient (Wildman–Crippen LogP) is 2.93. The van der Waals surface area contributed by atoms with E-state index in [0.717, 1.165) is 11.1 Å².